The molecule has 3 aromatic heterocycles. The van der Waals surface area contributed by atoms with E-state index < -0.39 is 6.10 Å². The zero-order chi connectivity index (χ0) is 22.0. The highest BCUT2D eigenvalue weighted by Gasteiger charge is 2.19. The summed E-state index contributed by atoms with van der Waals surface area (Å²) in [4.78, 5) is 21.5. The van der Waals surface area contributed by atoms with Crippen molar-refractivity contribution in [3.63, 3.8) is 0 Å². The molecule has 0 bridgehead atoms. The summed E-state index contributed by atoms with van der Waals surface area (Å²) in [6.45, 7) is 3.62. The van der Waals surface area contributed by atoms with E-state index in [0.717, 1.165) is 5.56 Å². The SMILES string of the molecule is CCC(NC(=O)c1cncc2c1cnn2-c1ccc(F)cc1)c1ccnc([C@H](C)O)c1. The third kappa shape index (κ3) is 4.15. The highest BCUT2D eigenvalue weighted by molar-refractivity contribution is 6.06. The van der Waals surface area contributed by atoms with E-state index in [1.54, 1.807) is 48.4 Å². The Labute approximate surface area is 178 Å². The second-order valence-electron chi connectivity index (χ2n) is 7.28. The second-order valence-corrected chi connectivity index (χ2v) is 7.28. The van der Waals surface area contributed by atoms with E-state index in [2.05, 4.69) is 20.4 Å². The number of hydrogen-bond donors (Lipinski definition) is 2. The van der Waals surface area contributed by atoms with E-state index in [4.69, 9.17) is 0 Å². The Bertz CT molecular complexity index is 1220. The summed E-state index contributed by atoms with van der Waals surface area (Å²) in [5, 5.41) is 17.9. The van der Waals surface area contributed by atoms with Gasteiger partial charge in [0.2, 0.25) is 0 Å². The van der Waals surface area contributed by atoms with Gasteiger partial charge in [0.15, 0.2) is 0 Å². The van der Waals surface area contributed by atoms with Crippen molar-refractivity contribution in [3.05, 3.63) is 83.8 Å². The lowest BCUT2D eigenvalue weighted by atomic mass is 10.0. The predicted octanol–water partition coefficient (Wildman–Crippen LogP) is 3.89. The van der Waals surface area contributed by atoms with Crippen molar-refractivity contribution >= 4 is 16.8 Å². The van der Waals surface area contributed by atoms with E-state index >= 15 is 0 Å². The Morgan fingerprint density at radius 1 is 1.19 bits per heavy atom. The summed E-state index contributed by atoms with van der Waals surface area (Å²) >= 11 is 0. The predicted molar refractivity (Wildman–Crippen MR) is 114 cm³/mol. The molecule has 31 heavy (non-hydrogen) atoms. The van der Waals surface area contributed by atoms with E-state index in [1.165, 1.54) is 18.3 Å². The maximum Gasteiger partial charge on any atom is 0.254 e. The number of nitrogens with zero attached hydrogens (tertiary/aromatic N) is 4. The monoisotopic (exact) mass is 419 g/mol. The van der Waals surface area contributed by atoms with E-state index in [0.29, 0.717) is 34.3 Å². The molecular weight excluding hydrogens is 397 g/mol. The minimum absolute atomic E-state index is 0.254. The topological polar surface area (TPSA) is 92.9 Å². The highest BCUT2D eigenvalue weighted by Crippen LogP contribution is 2.24. The van der Waals surface area contributed by atoms with Crippen LogP contribution in [0.15, 0.2) is 61.2 Å². The molecule has 0 saturated heterocycles. The smallest absolute Gasteiger partial charge is 0.254 e. The van der Waals surface area contributed by atoms with Gasteiger partial charge in [-0.1, -0.05) is 6.92 Å². The van der Waals surface area contributed by atoms with Gasteiger partial charge < -0.3 is 10.4 Å². The van der Waals surface area contributed by atoms with Crippen LogP contribution in [-0.4, -0.2) is 30.8 Å². The second kappa shape index (κ2) is 8.61. The first-order chi connectivity index (χ1) is 15.0. The molecule has 0 aliphatic heterocycles. The van der Waals surface area contributed by atoms with Crippen molar-refractivity contribution in [1.82, 2.24) is 25.1 Å². The van der Waals surface area contributed by atoms with Gasteiger partial charge >= 0.3 is 0 Å². The number of benzene rings is 1. The van der Waals surface area contributed by atoms with E-state index in [-0.39, 0.29) is 17.8 Å². The van der Waals surface area contributed by atoms with Crippen molar-refractivity contribution in [1.29, 1.82) is 0 Å². The Morgan fingerprint density at radius 3 is 2.68 bits per heavy atom. The molecule has 0 aliphatic carbocycles. The van der Waals surface area contributed by atoms with Crippen molar-refractivity contribution in [2.45, 2.75) is 32.4 Å². The van der Waals surface area contributed by atoms with Crippen molar-refractivity contribution < 1.29 is 14.3 Å². The average molecular weight is 419 g/mol. The summed E-state index contributed by atoms with van der Waals surface area (Å²) in [6, 6.07) is 9.31. The molecule has 1 amide bonds. The van der Waals surface area contributed by atoms with Gasteiger partial charge in [-0.15, -0.1) is 0 Å². The molecule has 158 valence electrons. The van der Waals surface area contributed by atoms with Gasteiger partial charge in [0, 0.05) is 17.8 Å². The fourth-order valence-electron chi connectivity index (χ4n) is 3.48. The number of carbonyl (C=O) groups is 1. The number of nitrogens with one attached hydrogen (secondary N) is 1. The molecule has 2 atom stereocenters. The quantitative estimate of drug-likeness (QED) is 0.495. The standard InChI is InChI=1S/C23H22FN5O2/c1-3-20(15-8-9-26-21(10-15)14(2)30)28-23(31)19-11-25-13-22-18(19)12-27-29(22)17-6-4-16(24)5-7-17/h4-14,20,30H,3H2,1-2H3,(H,28,31)/t14-,20?/m0/s1. The Kier molecular flexibility index (Phi) is 5.73. The number of hydrogen-bond acceptors (Lipinski definition) is 5. The summed E-state index contributed by atoms with van der Waals surface area (Å²) in [6.07, 6.45) is 6.33. The van der Waals surface area contributed by atoms with Gasteiger partial charge in [0.25, 0.3) is 5.91 Å². The average Bonchev–Trinajstić information content (AvgIpc) is 3.22. The number of carbonyl (C=O) groups excluding carboxylic acids is 1. The zero-order valence-electron chi connectivity index (χ0n) is 17.2. The Hall–Kier alpha value is -3.65. The maximum absolute atomic E-state index is 13.3. The fourth-order valence-corrected chi connectivity index (χ4v) is 3.48. The first-order valence-corrected chi connectivity index (χ1v) is 10.0. The van der Waals surface area contributed by atoms with Gasteiger partial charge in [-0.25, -0.2) is 9.07 Å². The molecule has 4 aromatic rings. The number of amides is 1. The van der Waals surface area contributed by atoms with Gasteiger partial charge in [-0.2, -0.15) is 5.10 Å². The lowest BCUT2D eigenvalue weighted by molar-refractivity contribution is 0.0937. The fraction of sp³-hybridized carbons (Fsp3) is 0.217. The molecule has 7 nitrogen and oxygen atoms in total. The molecule has 4 rings (SSSR count). The minimum atomic E-state index is -0.691. The number of aromatic nitrogens is 4. The number of halogens is 1. The number of aliphatic hydroxyl groups is 1. The van der Waals surface area contributed by atoms with Crippen LogP contribution in [-0.2, 0) is 0 Å². The van der Waals surface area contributed by atoms with Crippen LogP contribution in [0, 0.1) is 5.82 Å². The van der Waals surface area contributed by atoms with Crippen molar-refractivity contribution in [3.8, 4) is 5.69 Å². The van der Waals surface area contributed by atoms with Crippen molar-refractivity contribution in [2.75, 3.05) is 0 Å². The molecule has 3 heterocycles. The molecule has 0 fully saturated rings. The minimum Gasteiger partial charge on any atom is -0.387 e. The van der Waals surface area contributed by atoms with Gasteiger partial charge in [0.05, 0.1) is 47.0 Å². The van der Waals surface area contributed by atoms with Gasteiger partial charge in [-0.3, -0.25) is 14.8 Å². The van der Waals surface area contributed by atoms with E-state index in [1.807, 2.05) is 13.0 Å². The molecule has 0 spiro atoms. The van der Waals surface area contributed by atoms with Crippen LogP contribution in [0.3, 0.4) is 0 Å². The van der Waals surface area contributed by atoms with Crippen LogP contribution in [0.2, 0.25) is 0 Å². The summed E-state index contributed by atoms with van der Waals surface area (Å²) in [7, 11) is 0. The highest BCUT2D eigenvalue weighted by atomic mass is 19.1. The van der Waals surface area contributed by atoms with Crippen LogP contribution >= 0.6 is 0 Å². The third-order valence-corrected chi connectivity index (χ3v) is 5.16. The Morgan fingerprint density at radius 2 is 1.97 bits per heavy atom. The first-order valence-electron chi connectivity index (χ1n) is 10.0. The summed E-state index contributed by atoms with van der Waals surface area (Å²) < 4.78 is 14.9. The number of rotatable bonds is 6. The number of fused-ring (bicyclic) bond motifs is 1. The lowest BCUT2D eigenvalue weighted by Crippen LogP contribution is -2.28. The molecule has 8 heteroatoms. The van der Waals surface area contributed by atoms with Crippen LogP contribution in [0.25, 0.3) is 16.6 Å². The number of aliphatic hydroxyl groups excluding tert-OH is 1. The normalized spacial score (nSPS) is 13.2. The maximum atomic E-state index is 13.3. The Balaban J connectivity index is 1.64. The van der Waals surface area contributed by atoms with Crippen LogP contribution in [0.1, 0.15) is 54.0 Å². The van der Waals surface area contributed by atoms with E-state index in [9.17, 15) is 14.3 Å². The largest absolute Gasteiger partial charge is 0.387 e. The zero-order valence-corrected chi connectivity index (χ0v) is 17.2. The van der Waals surface area contributed by atoms with Gasteiger partial charge in [-0.05, 0) is 55.3 Å². The first kappa shape index (κ1) is 20.6. The molecule has 2 N–H and O–H groups in total. The molecule has 1 aromatic carbocycles. The van der Waals surface area contributed by atoms with Crippen LogP contribution < -0.4 is 5.32 Å². The third-order valence-electron chi connectivity index (χ3n) is 5.16. The molecular formula is C23H22FN5O2. The van der Waals surface area contributed by atoms with Crippen LogP contribution in [0.5, 0.6) is 0 Å². The molecule has 0 aliphatic rings. The molecule has 1 unspecified atom stereocenters. The van der Waals surface area contributed by atoms with Crippen molar-refractivity contribution in [2.24, 2.45) is 0 Å². The summed E-state index contributed by atoms with van der Waals surface area (Å²) in [5.74, 6) is -0.613. The van der Waals surface area contributed by atoms with Gasteiger partial charge in [0.1, 0.15) is 5.82 Å². The summed E-state index contributed by atoms with van der Waals surface area (Å²) in [5.41, 5.74) is 3.13. The molecule has 0 saturated carbocycles. The van der Waals surface area contributed by atoms with Crippen LogP contribution in [0.4, 0.5) is 4.39 Å². The molecule has 0 radical (unpaired) electrons. The number of pyridine rings is 2. The lowest BCUT2D eigenvalue weighted by Gasteiger charge is -2.18.